The molecule has 0 radical (unpaired) electrons. The summed E-state index contributed by atoms with van der Waals surface area (Å²) in [5.41, 5.74) is 6.72. The quantitative estimate of drug-likeness (QED) is 0.224. The van der Waals surface area contributed by atoms with Crippen LogP contribution in [-0.2, 0) is 17.8 Å². The van der Waals surface area contributed by atoms with Crippen LogP contribution in [0.1, 0.15) is 22.4 Å². The second-order valence-corrected chi connectivity index (χ2v) is 6.40. The molecule has 0 unspecified atom stereocenters. The summed E-state index contributed by atoms with van der Waals surface area (Å²) in [4.78, 5) is 14.3. The molecule has 27 heavy (non-hydrogen) atoms. The Bertz CT molecular complexity index is 961. The average molecular weight is 367 g/mol. The monoisotopic (exact) mass is 367 g/mol. The van der Waals surface area contributed by atoms with Crippen molar-refractivity contribution in [3.8, 4) is 0 Å². The Kier molecular flexibility index (Phi) is 6.01. The van der Waals surface area contributed by atoms with Crippen LogP contribution in [0.5, 0.6) is 0 Å². The second kappa shape index (κ2) is 8.62. The Balaban J connectivity index is 1.53. The Morgan fingerprint density at radius 1 is 1.22 bits per heavy atom. The highest BCUT2D eigenvalue weighted by atomic mass is 19.1. The molecule has 5 nitrogen and oxygen atoms in total. The molecule has 0 bridgehead atoms. The van der Waals surface area contributed by atoms with E-state index in [0.29, 0.717) is 0 Å². The van der Waals surface area contributed by atoms with Crippen molar-refractivity contribution in [2.45, 2.75) is 19.9 Å². The first-order chi connectivity index (χ1) is 13.1. The van der Waals surface area contributed by atoms with Gasteiger partial charge in [0.05, 0.1) is 0 Å². The van der Waals surface area contributed by atoms with Gasteiger partial charge in [-0.15, -0.1) is 0 Å². The van der Waals surface area contributed by atoms with Crippen LogP contribution in [0, 0.1) is 12.7 Å². The molecule has 1 aromatic heterocycles. The fourth-order valence-corrected chi connectivity index (χ4v) is 3.08. The maximum atomic E-state index is 13.5. The number of halogens is 1. The number of H-pyrrole nitrogens is 1. The number of hydroxylamine groups is 1. The molecular weight excluding hydrogens is 345 g/mol. The standard InChI is InChI=1S/C21H22FN3O2/c1-14-18(19-12-17(22)7-8-20(19)24-14)10-11-23-13-16-4-2-15(3-5-16)6-9-21(26)25-27/h2-9,12,23-24,27H,10-11,13H2,1H3,(H,25,26)/b9-6+. The fourth-order valence-electron chi connectivity index (χ4n) is 3.08. The predicted octanol–water partition coefficient (Wildman–Crippen LogP) is 3.47. The first kappa shape index (κ1) is 18.8. The fraction of sp³-hybridized carbons (Fsp3) is 0.190. The first-order valence-corrected chi connectivity index (χ1v) is 8.75. The van der Waals surface area contributed by atoms with E-state index in [1.807, 2.05) is 31.2 Å². The van der Waals surface area contributed by atoms with Crippen molar-refractivity contribution in [1.82, 2.24) is 15.8 Å². The molecule has 1 amide bonds. The molecule has 0 spiro atoms. The van der Waals surface area contributed by atoms with E-state index in [1.165, 1.54) is 12.1 Å². The zero-order chi connectivity index (χ0) is 19.2. The maximum absolute atomic E-state index is 13.5. The van der Waals surface area contributed by atoms with E-state index in [2.05, 4.69) is 10.3 Å². The number of hydrogen-bond acceptors (Lipinski definition) is 3. The molecule has 2 aromatic carbocycles. The highest BCUT2D eigenvalue weighted by molar-refractivity contribution is 5.90. The summed E-state index contributed by atoms with van der Waals surface area (Å²) < 4.78 is 13.5. The van der Waals surface area contributed by atoms with E-state index < -0.39 is 5.91 Å². The smallest absolute Gasteiger partial charge is 0.267 e. The van der Waals surface area contributed by atoms with Crippen molar-refractivity contribution in [2.75, 3.05) is 6.54 Å². The molecule has 0 saturated carbocycles. The van der Waals surface area contributed by atoms with Crippen molar-refractivity contribution in [1.29, 1.82) is 0 Å². The number of aromatic nitrogens is 1. The van der Waals surface area contributed by atoms with Crippen LogP contribution in [0.4, 0.5) is 4.39 Å². The lowest BCUT2D eigenvalue weighted by molar-refractivity contribution is -0.124. The number of benzene rings is 2. The number of hydrogen-bond donors (Lipinski definition) is 4. The summed E-state index contributed by atoms with van der Waals surface area (Å²) in [5, 5.41) is 12.8. The number of nitrogens with one attached hydrogen (secondary N) is 3. The second-order valence-electron chi connectivity index (χ2n) is 6.40. The van der Waals surface area contributed by atoms with Crippen LogP contribution in [0.25, 0.3) is 17.0 Å². The number of aryl methyl sites for hydroxylation is 1. The molecule has 0 aliphatic heterocycles. The van der Waals surface area contributed by atoms with Crippen LogP contribution in [-0.4, -0.2) is 22.6 Å². The van der Waals surface area contributed by atoms with Gasteiger partial charge in [-0.1, -0.05) is 24.3 Å². The molecule has 3 rings (SSSR count). The van der Waals surface area contributed by atoms with Crippen molar-refractivity contribution in [3.63, 3.8) is 0 Å². The minimum absolute atomic E-state index is 0.221. The van der Waals surface area contributed by atoms with Gasteiger partial charge in [-0.3, -0.25) is 10.0 Å². The Morgan fingerprint density at radius 3 is 2.74 bits per heavy atom. The highest BCUT2D eigenvalue weighted by Crippen LogP contribution is 2.23. The van der Waals surface area contributed by atoms with E-state index in [9.17, 15) is 9.18 Å². The van der Waals surface area contributed by atoms with Gasteiger partial charge in [0.1, 0.15) is 5.82 Å². The van der Waals surface area contributed by atoms with Gasteiger partial charge in [0.2, 0.25) is 0 Å². The Labute approximate surface area is 156 Å². The van der Waals surface area contributed by atoms with E-state index in [1.54, 1.807) is 23.7 Å². The molecule has 0 saturated heterocycles. The Hall–Kier alpha value is -2.96. The highest BCUT2D eigenvalue weighted by Gasteiger charge is 2.08. The van der Waals surface area contributed by atoms with Crippen molar-refractivity contribution >= 4 is 22.9 Å². The molecule has 140 valence electrons. The number of fused-ring (bicyclic) bond motifs is 1. The minimum atomic E-state index is -0.562. The van der Waals surface area contributed by atoms with Gasteiger partial charge in [0, 0.05) is 29.2 Å². The Morgan fingerprint density at radius 2 is 2.00 bits per heavy atom. The molecule has 0 aliphatic carbocycles. The maximum Gasteiger partial charge on any atom is 0.267 e. The van der Waals surface area contributed by atoms with Gasteiger partial charge in [0.25, 0.3) is 5.91 Å². The number of aromatic amines is 1. The topological polar surface area (TPSA) is 77.2 Å². The summed E-state index contributed by atoms with van der Waals surface area (Å²) in [6, 6.07) is 12.6. The van der Waals surface area contributed by atoms with Crippen LogP contribution in [0.15, 0.2) is 48.5 Å². The van der Waals surface area contributed by atoms with Gasteiger partial charge >= 0.3 is 0 Å². The zero-order valence-electron chi connectivity index (χ0n) is 15.1. The van der Waals surface area contributed by atoms with Crippen LogP contribution < -0.4 is 10.8 Å². The normalized spacial score (nSPS) is 11.4. The third-order valence-electron chi connectivity index (χ3n) is 4.48. The van der Waals surface area contributed by atoms with Gasteiger partial charge in [-0.2, -0.15) is 0 Å². The van der Waals surface area contributed by atoms with Crippen LogP contribution >= 0.6 is 0 Å². The largest absolute Gasteiger partial charge is 0.358 e. The van der Waals surface area contributed by atoms with E-state index in [4.69, 9.17) is 5.21 Å². The predicted molar refractivity (Wildman–Crippen MR) is 104 cm³/mol. The van der Waals surface area contributed by atoms with E-state index >= 15 is 0 Å². The third kappa shape index (κ3) is 4.81. The number of rotatable bonds is 7. The SMILES string of the molecule is Cc1[nH]c2ccc(F)cc2c1CCNCc1ccc(/C=C/C(=O)NO)cc1. The van der Waals surface area contributed by atoms with Gasteiger partial charge in [0.15, 0.2) is 0 Å². The minimum Gasteiger partial charge on any atom is -0.358 e. The number of amides is 1. The molecule has 1 heterocycles. The van der Waals surface area contributed by atoms with Crippen molar-refractivity contribution in [3.05, 3.63) is 76.7 Å². The lowest BCUT2D eigenvalue weighted by atomic mass is 10.1. The number of carbonyl (C=O) groups is 1. The third-order valence-corrected chi connectivity index (χ3v) is 4.48. The van der Waals surface area contributed by atoms with Crippen LogP contribution in [0.2, 0.25) is 0 Å². The molecule has 3 aromatic rings. The lowest BCUT2D eigenvalue weighted by Gasteiger charge is -2.06. The lowest BCUT2D eigenvalue weighted by Crippen LogP contribution is -2.16. The van der Waals surface area contributed by atoms with E-state index in [0.717, 1.165) is 52.8 Å². The number of carbonyl (C=O) groups excluding carboxylic acids is 1. The molecule has 0 atom stereocenters. The summed E-state index contributed by atoms with van der Waals surface area (Å²) in [6.45, 7) is 3.51. The van der Waals surface area contributed by atoms with E-state index in [-0.39, 0.29) is 5.82 Å². The van der Waals surface area contributed by atoms with Gasteiger partial charge in [-0.25, -0.2) is 9.87 Å². The van der Waals surface area contributed by atoms with Crippen molar-refractivity contribution in [2.24, 2.45) is 0 Å². The molecule has 0 fully saturated rings. The summed E-state index contributed by atoms with van der Waals surface area (Å²) in [7, 11) is 0. The average Bonchev–Trinajstić information content (AvgIpc) is 2.98. The molecule has 6 heteroatoms. The molecule has 4 N–H and O–H groups in total. The first-order valence-electron chi connectivity index (χ1n) is 8.75. The van der Waals surface area contributed by atoms with Gasteiger partial charge in [-0.05, 0) is 60.9 Å². The zero-order valence-corrected chi connectivity index (χ0v) is 15.1. The summed E-state index contributed by atoms with van der Waals surface area (Å²) in [6.07, 6.45) is 3.70. The summed E-state index contributed by atoms with van der Waals surface area (Å²) in [5.74, 6) is -0.783. The van der Waals surface area contributed by atoms with Crippen LogP contribution in [0.3, 0.4) is 0 Å². The summed E-state index contributed by atoms with van der Waals surface area (Å²) >= 11 is 0. The molecular formula is C21H22FN3O2. The molecule has 0 aliphatic rings. The van der Waals surface area contributed by atoms with Crippen molar-refractivity contribution < 1.29 is 14.4 Å². The van der Waals surface area contributed by atoms with Gasteiger partial charge < -0.3 is 10.3 Å².